The average Bonchev–Trinajstić information content (AvgIpc) is 2.48. The van der Waals surface area contributed by atoms with Gasteiger partial charge in [0.15, 0.2) is 14.2 Å². The predicted molar refractivity (Wildman–Crippen MR) is 86.5 cm³/mol. The highest BCUT2D eigenvalue weighted by Crippen LogP contribution is 2.28. The quantitative estimate of drug-likeness (QED) is 0.558. The first-order chi connectivity index (χ1) is 10.1. The van der Waals surface area contributed by atoms with Crippen LogP contribution in [0.15, 0.2) is 48.5 Å². The number of hydrogen-bond donors (Lipinski definition) is 0. The van der Waals surface area contributed by atoms with E-state index in [1.807, 2.05) is 62.4 Å². The first-order valence-electron chi connectivity index (χ1n) is 7.09. The summed E-state index contributed by atoms with van der Waals surface area (Å²) in [5, 5.41) is 0. The molecule has 0 amide bonds. The van der Waals surface area contributed by atoms with E-state index in [9.17, 15) is 9.36 Å². The minimum absolute atomic E-state index is 0.0908. The molecule has 0 heterocycles. The summed E-state index contributed by atoms with van der Waals surface area (Å²) in [4.78, 5) is 13.0. The maximum absolute atomic E-state index is 13.0. The van der Waals surface area contributed by atoms with Crippen molar-refractivity contribution in [2.75, 3.05) is 6.16 Å². The third kappa shape index (κ3) is 3.65. The molecule has 0 aliphatic heterocycles. The van der Waals surface area contributed by atoms with Gasteiger partial charge in [0.05, 0.1) is 0 Å². The third-order valence-electron chi connectivity index (χ3n) is 3.76. The zero-order valence-electron chi connectivity index (χ0n) is 12.4. The normalized spacial score (nSPS) is 12.3. The second-order valence-corrected chi connectivity index (χ2v) is 5.94. The molecule has 108 valence electrons. The summed E-state index contributed by atoms with van der Waals surface area (Å²) in [6.07, 6.45) is 1.10. The SMILES string of the molecule is Cc1cccc(C)c1C(=O)C(CCP=O)c1ccccc1. The molecule has 0 N–H and O–H groups in total. The van der Waals surface area contributed by atoms with Crippen LogP contribution in [0.4, 0.5) is 0 Å². The fourth-order valence-corrected chi connectivity index (χ4v) is 3.06. The summed E-state index contributed by atoms with van der Waals surface area (Å²) in [5.41, 5.74) is 3.80. The van der Waals surface area contributed by atoms with Gasteiger partial charge in [0.25, 0.3) is 0 Å². The molecule has 2 rings (SSSR count). The standard InChI is InChI=1S/C18H19O2P/c1-13-7-6-8-14(2)17(13)18(19)16(11-12-21-20)15-9-4-3-5-10-15/h3-10,16H,11-12H2,1-2H3. The molecule has 3 heteroatoms. The molecule has 0 saturated carbocycles. The Morgan fingerprint density at radius 2 is 1.62 bits per heavy atom. The van der Waals surface area contributed by atoms with Gasteiger partial charge in [-0.05, 0) is 37.0 Å². The molecule has 1 atom stereocenters. The maximum Gasteiger partial charge on any atom is 0.170 e. The molecule has 0 saturated heterocycles. The summed E-state index contributed by atoms with van der Waals surface area (Å²) in [5.74, 6) is -0.104. The van der Waals surface area contributed by atoms with Gasteiger partial charge in [-0.2, -0.15) is 0 Å². The van der Waals surface area contributed by atoms with Crippen molar-refractivity contribution in [2.45, 2.75) is 26.2 Å². The van der Waals surface area contributed by atoms with Crippen LogP contribution in [-0.2, 0) is 4.57 Å². The molecular weight excluding hydrogens is 279 g/mol. The Morgan fingerprint density at radius 3 is 2.19 bits per heavy atom. The van der Waals surface area contributed by atoms with Gasteiger partial charge in [-0.3, -0.25) is 9.36 Å². The van der Waals surface area contributed by atoms with Gasteiger partial charge in [-0.15, -0.1) is 0 Å². The number of aryl methyl sites for hydroxylation is 2. The van der Waals surface area contributed by atoms with Gasteiger partial charge in [-0.25, -0.2) is 0 Å². The summed E-state index contributed by atoms with van der Waals surface area (Å²) in [6, 6.07) is 15.7. The Balaban J connectivity index is 2.41. The van der Waals surface area contributed by atoms with Gasteiger partial charge >= 0.3 is 0 Å². The summed E-state index contributed by atoms with van der Waals surface area (Å²) < 4.78 is 10.8. The van der Waals surface area contributed by atoms with Crippen LogP contribution in [0.3, 0.4) is 0 Å². The van der Waals surface area contributed by atoms with Crippen molar-refractivity contribution in [1.82, 2.24) is 0 Å². The molecule has 0 spiro atoms. The highest BCUT2D eigenvalue weighted by Gasteiger charge is 2.24. The van der Waals surface area contributed by atoms with Crippen LogP contribution in [0.25, 0.3) is 0 Å². The van der Waals surface area contributed by atoms with E-state index in [0.29, 0.717) is 12.6 Å². The van der Waals surface area contributed by atoms with Gasteiger partial charge in [0.1, 0.15) is 0 Å². The summed E-state index contributed by atoms with van der Waals surface area (Å²) in [6.45, 7) is 3.93. The van der Waals surface area contributed by atoms with Gasteiger partial charge < -0.3 is 0 Å². The fourth-order valence-electron chi connectivity index (χ4n) is 2.69. The molecular formula is C18H19O2P. The van der Waals surface area contributed by atoms with Gasteiger partial charge in [0.2, 0.25) is 0 Å². The third-order valence-corrected chi connectivity index (χ3v) is 4.20. The van der Waals surface area contributed by atoms with Crippen LogP contribution in [-0.4, -0.2) is 11.9 Å². The lowest BCUT2D eigenvalue weighted by Crippen LogP contribution is -2.16. The van der Waals surface area contributed by atoms with Crippen LogP contribution in [0.2, 0.25) is 0 Å². The van der Waals surface area contributed by atoms with Crippen molar-refractivity contribution in [3.05, 3.63) is 70.8 Å². The number of ketones is 1. The zero-order valence-corrected chi connectivity index (χ0v) is 13.3. The van der Waals surface area contributed by atoms with E-state index in [-0.39, 0.29) is 20.2 Å². The minimum Gasteiger partial charge on any atom is -0.293 e. The molecule has 1 unspecified atom stereocenters. The molecule has 2 nitrogen and oxygen atoms in total. The van der Waals surface area contributed by atoms with E-state index in [2.05, 4.69) is 0 Å². The van der Waals surface area contributed by atoms with E-state index in [1.54, 1.807) is 0 Å². The molecule has 0 fully saturated rings. The average molecular weight is 298 g/mol. The highest BCUT2D eigenvalue weighted by atomic mass is 31.1. The molecule has 2 aromatic carbocycles. The van der Waals surface area contributed by atoms with Crippen molar-refractivity contribution < 1.29 is 9.36 Å². The second kappa shape index (κ2) is 7.28. The lowest BCUT2D eigenvalue weighted by molar-refractivity contribution is 0.0956. The number of carbonyl (C=O) groups excluding carboxylic acids is 1. The van der Waals surface area contributed by atoms with Crippen LogP contribution in [0, 0.1) is 13.8 Å². The monoisotopic (exact) mass is 298 g/mol. The topological polar surface area (TPSA) is 34.1 Å². The van der Waals surface area contributed by atoms with Gasteiger partial charge in [0, 0.05) is 17.6 Å². The largest absolute Gasteiger partial charge is 0.293 e. The number of rotatable bonds is 6. The Kier molecular flexibility index (Phi) is 5.41. The minimum atomic E-state index is -0.229. The summed E-state index contributed by atoms with van der Waals surface area (Å²) >= 11 is 0. The Morgan fingerprint density at radius 1 is 1.00 bits per heavy atom. The Bertz CT molecular complexity index is 615. The van der Waals surface area contributed by atoms with Crippen LogP contribution in [0.5, 0.6) is 0 Å². The molecule has 0 aliphatic rings. The number of carbonyl (C=O) groups is 1. The van der Waals surface area contributed by atoms with Crippen LogP contribution < -0.4 is 0 Å². The summed E-state index contributed by atoms with van der Waals surface area (Å²) in [7, 11) is 0.0908. The van der Waals surface area contributed by atoms with Crippen molar-refractivity contribution in [3.8, 4) is 0 Å². The van der Waals surface area contributed by atoms with E-state index < -0.39 is 0 Å². The predicted octanol–water partition coefficient (Wildman–Crippen LogP) is 4.95. The Hall–Kier alpha value is -1.79. The molecule has 0 bridgehead atoms. The lowest BCUT2D eigenvalue weighted by atomic mass is 9.85. The number of Topliss-reactive ketones (excluding diaryl/α,β-unsaturated/α-hetero) is 1. The Labute approximate surface area is 127 Å². The van der Waals surface area contributed by atoms with E-state index in [0.717, 1.165) is 22.3 Å². The van der Waals surface area contributed by atoms with Crippen molar-refractivity contribution in [2.24, 2.45) is 0 Å². The van der Waals surface area contributed by atoms with Crippen LogP contribution in [0.1, 0.15) is 39.4 Å². The second-order valence-electron chi connectivity index (χ2n) is 5.24. The first-order valence-corrected chi connectivity index (χ1v) is 8.09. The van der Waals surface area contributed by atoms with Gasteiger partial charge in [-0.1, -0.05) is 48.5 Å². The first kappa shape index (κ1) is 15.6. The molecule has 0 aliphatic carbocycles. The van der Waals surface area contributed by atoms with E-state index in [1.165, 1.54) is 0 Å². The smallest absolute Gasteiger partial charge is 0.170 e. The van der Waals surface area contributed by atoms with Crippen molar-refractivity contribution in [1.29, 1.82) is 0 Å². The molecule has 0 radical (unpaired) electrons. The number of benzene rings is 2. The van der Waals surface area contributed by atoms with E-state index in [4.69, 9.17) is 0 Å². The van der Waals surface area contributed by atoms with Crippen molar-refractivity contribution >= 4 is 14.2 Å². The van der Waals surface area contributed by atoms with Crippen molar-refractivity contribution in [3.63, 3.8) is 0 Å². The maximum atomic E-state index is 13.0. The molecule has 0 aromatic heterocycles. The van der Waals surface area contributed by atoms with Crippen LogP contribution >= 0.6 is 8.46 Å². The lowest BCUT2D eigenvalue weighted by Gasteiger charge is -2.18. The fraction of sp³-hybridized carbons (Fsp3) is 0.278. The molecule has 21 heavy (non-hydrogen) atoms. The van der Waals surface area contributed by atoms with E-state index >= 15 is 0 Å². The zero-order chi connectivity index (χ0) is 15.2. The highest BCUT2D eigenvalue weighted by molar-refractivity contribution is 7.23. The number of hydrogen-bond acceptors (Lipinski definition) is 2. The molecule has 2 aromatic rings.